The van der Waals surface area contributed by atoms with Gasteiger partial charge in [0.2, 0.25) is 0 Å². The molecule has 4 atom stereocenters. The van der Waals surface area contributed by atoms with Crippen LogP contribution in [-0.2, 0) is 4.74 Å². The number of nitrogens with one attached hydrogen (secondary N) is 1. The predicted molar refractivity (Wildman–Crippen MR) is 60.9 cm³/mol. The van der Waals surface area contributed by atoms with E-state index in [1.807, 2.05) is 7.05 Å². The van der Waals surface area contributed by atoms with Crippen LogP contribution in [0.2, 0.25) is 0 Å². The van der Waals surface area contributed by atoms with E-state index in [1.165, 1.54) is 0 Å². The standard InChI is InChI=1S/C11H24N2O2/c1-8(6-12-2)11(14)10-5-9(15-4)7-13(10)3/h8-12,14H,5-7H2,1-4H3/t8-,9?,10+,11?/m1/s1. The minimum Gasteiger partial charge on any atom is -0.391 e. The van der Waals surface area contributed by atoms with E-state index in [0.29, 0.717) is 0 Å². The van der Waals surface area contributed by atoms with Gasteiger partial charge in [0.1, 0.15) is 0 Å². The molecule has 90 valence electrons. The van der Waals surface area contributed by atoms with Crippen molar-refractivity contribution in [1.29, 1.82) is 0 Å². The van der Waals surface area contributed by atoms with E-state index >= 15 is 0 Å². The fourth-order valence-electron chi connectivity index (χ4n) is 2.37. The summed E-state index contributed by atoms with van der Waals surface area (Å²) in [5.74, 6) is 0.276. The molecule has 1 aliphatic heterocycles. The lowest BCUT2D eigenvalue weighted by Gasteiger charge is -2.29. The van der Waals surface area contributed by atoms with Gasteiger partial charge in [-0.05, 0) is 33.0 Å². The fraction of sp³-hybridized carbons (Fsp3) is 1.00. The van der Waals surface area contributed by atoms with Crippen LogP contribution >= 0.6 is 0 Å². The van der Waals surface area contributed by atoms with Crippen LogP contribution in [0.25, 0.3) is 0 Å². The van der Waals surface area contributed by atoms with Gasteiger partial charge in [-0.3, -0.25) is 4.90 Å². The number of aliphatic hydroxyl groups is 1. The Morgan fingerprint density at radius 2 is 2.27 bits per heavy atom. The van der Waals surface area contributed by atoms with Gasteiger partial charge in [-0.2, -0.15) is 0 Å². The zero-order chi connectivity index (χ0) is 11.4. The minimum atomic E-state index is -0.275. The maximum absolute atomic E-state index is 10.2. The average molecular weight is 216 g/mol. The summed E-state index contributed by atoms with van der Waals surface area (Å²) in [5, 5.41) is 13.3. The second-order valence-corrected chi connectivity index (χ2v) is 4.63. The summed E-state index contributed by atoms with van der Waals surface area (Å²) in [6.45, 7) is 3.85. The number of likely N-dealkylation sites (tertiary alicyclic amines) is 1. The van der Waals surface area contributed by atoms with E-state index in [0.717, 1.165) is 19.5 Å². The van der Waals surface area contributed by atoms with Crippen molar-refractivity contribution in [2.24, 2.45) is 5.92 Å². The second-order valence-electron chi connectivity index (χ2n) is 4.63. The van der Waals surface area contributed by atoms with E-state index in [-0.39, 0.29) is 24.2 Å². The first kappa shape index (κ1) is 12.9. The van der Waals surface area contributed by atoms with Crippen molar-refractivity contribution < 1.29 is 9.84 Å². The van der Waals surface area contributed by atoms with E-state index < -0.39 is 0 Å². The molecule has 0 amide bonds. The summed E-state index contributed by atoms with van der Waals surface area (Å²) in [6, 6.07) is 0.235. The number of methoxy groups -OCH3 is 1. The number of hydrogen-bond acceptors (Lipinski definition) is 4. The fourth-order valence-corrected chi connectivity index (χ4v) is 2.37. The van der Waals surface area contributed by atoms with Crippen LogP contribution in [0.5, 0.6) is 0 Å². The monoisotopic (exact) mass is 216 g/mol. The Balaban J connectivity index is 2.48. The molecule has 4 heteroatoms. The summed E-state index contributed by atoms with van der Waals surface area (Å²) in [4.78, 5) is 2.20. The first-order valence-electron chi connectivity index (χ1n) is 5.65. The second kappa shape index (κ2) is 5.80. The smallest absolute Gasteiger partial charge is 0.0733 e. The maximum Gasteiger partial charge on any atom is 0.0733 e. The lowest BCUT2D eigenvalue weighted by molar-refractivity contribution is 0.0425. The quantitative estimate of drug-likeness (QED) is 0.675. The van der Waals surface area contributed by atoms with Crippen LogP contribution in [0, 0.1) is 5.92 Å². The van der Waals surface area contributed by atoms with Gasteiger partial charge < -0.3 is 15.2 Å². The molecule has 1 fully saturated rings. The van der Waals surface area contributed by atoms with Gasteiger partial charge in [0.25, 0.3) is 0 Å². The zero-order valence-corrected chi connectivity index (χ0v) is 10.2. The highest BCUT2D eigenvalue weighted by atomic mass is 16.5. The molecule has 1 saturated heterocycles. The van der Waals surface area contributed by atoms with Crippen molar-refractivity contribution >= 4 is 0 Å². The number of rotatable bonds is 5. The van der Waals surface area contributed by atoms with Gasteiger partial charge in [0.15, 0.2) is 0 Å². The number of likely N-dealkylation sites (N-methyl/N-ethyl adjacent to an activating group) is 1. The Hall–Kier alpha value is -0.160. The predicted octanol–water partition coefficient (Wildman–Crippen LogP) is -0.0781. The highest BCUT2D eigenvalue weighted by Crippen LogP contribution is 2.24. The van der Waals surface area contributed by atoms with Gasteiger partial charge in [-0.15, -0.1) is 0 Å². The van der Waals surface area contributed by atoms with Crippen molar-refractivity contribution in [3.63, 3.8) is 0 Å². The molecule has 1 aliphatic rings. The SMILES string of the molecule is CNC[C@@H](C)C(O)[C@@H]1CC(OC)CN1C. The van der Waals surface area contributed by atoms with Crippen molar-refractivity contribution in [2.75, 3.05) is 34.3 Å². The van der Waals surface area contributed by atoms with Gasteiger partial charge in [-0.25, -0.2) is 0 Å². The normalized spacial score (nSPS) is 31.8. The van der Waals surface area contributed by atoms with Crippen molar-refractivity contribution in [2.45, 2.75) is 31.6 Å². The van der Waals surface area contributed by atoms with Crippen molar-refractivity contribution in [3.05, 3.63) is 0 Å². The Labute approximate surface area is 92.6 Å². The van der Waals surface area contributed by atoms with Crippen LogP contribution in [0.1, 0.15) is 13.3 Å². The first-order valence-corrected chi connectivity index (χ1v) is 5.65. The van der Waals surface area contributed by atoms with Crippen LogP contribution in [0.4, 0.5) is 0 Å². The highest BCUT2D eigenvalue weighted by Gasteiger charge is 2.36. The van der Waals surface area contributed by atoms with Crippen LogP contribution in [-0.4, -0.2) is 62.6 Å². The molecule has 2 N–H and O–H groups in total. The average Bonchev–Trinajstić information content (AvgIpc) is 2.59. The Morgan fingerprint density at radius 1 is 1.60 bits per heavy atom. The molecule has 0 bridgehead atoms. The van der Waals surface area contributed by atoms with Gasteiger partial charge in [0, 0.05) is 19.7 Å². The Bertz CT molecular complexity index is 189. The molecule has 0 saturated carbocycles. The lowest BCUT2D eigenvalue weighted by atomic mass is 9.96. The van der Waals surface area contributed by atoms with Gasteiger partial charge in [0.05, 0.1) is 12.2 Å². The molecule has 1 rings (SSSR count). The summed E-state index contributed by atoms with van der Waals surface area (Å²) < 4.78 is 5.33. The molecule has 4 nitrogen and oxygen atoms in total. The zero-order valence-electron chi connectivity index (χ0n) is 10.2. The summed E-state index contributed by atoms with van der Waals surface area (Å²) in [7, 11) is 5.71. The Morgan fingerprint density at radius 3 is 2.73 bits per heavy atom. The number of nitrogens with zero attached hydrogens (tertiary/aromatic N) is 1. The van der Waals surface area contributed by atoms with E-state index in [1.54, 1.807) is 7.11 Å². The van der Waals surface area contributed by atoms with Crippen molar-refractivity contribution in [3.8, 4) is 0 Å². The molecule has 0 aliphatic carbocycles. The lowest BCUT2D eigenvalue weighted by Crippen LogP contribution is -2.42. The number of ether oxygens (including phenoxy) is 1. The third kappa shape index (κ3) is 3.14. The molecule has 0 spiro atoms. The molecule has 1 heterocycles. The minimum absolute atomic E-state index is 0.235. The molecule has 0 aromatic rings. The largest absolute Gasteiger partial charge is 0.391 e. The number of hydrogen-bond donors (Lipinski definition) is 2. The highest BCUT2D eigenvalue weighted by molar-refractivity contribution is 4.90. The summed E-state index contributed by atoms with van der Waals surface area (Å²) in [5.41, 5.74) is 0. The third-order valence-corrected chi connectivity index (χ3v) is 3.40. The molecule has 0 aromatic carbocycles. The van der Waals surface area contributed by atoms with E-state index in [2.05, 4.69) is 24.2 Å². The molecular weight excluding hydrogens is 192 g/mol. The van der Waals surface area contributed by atoms with Gasteiger partial charge in [-0.1, -0.05) is 6.92 Å². The summed E-state index contributed by atoms with van der Waals surface area (Å²) >= 11 is 0. The molecule has 2 unspecified atom stereocenters. The van der Waals surface area contributed by atoms with Crippen LogP contribution in [0.15, 0.2) is 0 Å². The summed E-state index contributed by atoms with van der Waals surface area (Å²) in [6.07, 6.45) is 0.932. The van der Waals surface area contributed by atoms with Crippen LogP contribution < -0.4 is 5.32 Å². The first-order chi connectivity index (χ1) is 7.10. The molecule has 15 heavy (non-hydrogen) atoms. The van der Waals surface area contributed by atoms with E-state index in [4.69, 9.17) is 4.74 Å². The van der Waals surface area contributed by atoms with Crippen molar-refractivity contribution in [1.82, 2.24) is 10.2 Å². The maximum atomic E-state index is 10.2. The topological polar surface area (TPSA) is 44.7 Å². The van der Waals surface area contributed by atoms with Gasteiger partial charge >= 0.3 is 0 Å². The Kier molecular flexibility index (Phi) is 4.99. The van der Waals surface area contributed by atoms with Crippen LogP contribution in [0.3, 0.4) is 0 Å². The molecular formula is C11H24N2O2. The third-order valence-electron chi connectivity index (χ3n) is 3.40. The molecule has 0 aromatic heterocycles. The molecule has 0 radical (unpaired) electrons. The number of aliphatic hydroxyl groups excluding tert-OH is 1. The van der Waals surface area contributed by atoms with E-state index in [9.17, 15) is 5.11 Å².